The zero-order valence-corrected chi connectivity index (χ0v) is 15.4. The summed E-state index contributed by atoms with van der Waals surface area (Å²) in [5, 5.41) is 17.4. The summed E-state index contributed by atoms with van der Waals surface area (Å²) in [6, 6.07) is 0. The third kappa shape index (κ3) is 3.53. The maximum atomic E-state index is 12.4. The normalized spacial score (nSPS) is 27.2. The van der Waals surface area contributed by atoms with Crippen molar-refractivity contribution in [1.82, 2.24) is 19.5 Å². The number of aliphatic hydroxyl groups excluding tert-OH is 2. The first kappa shape index (κ1) is 21.1. The fourth-order valence-electron chi connectivity index (χ4n) is 2.87. The number of nitrogen functional groups attached to an aromatic ring is 1. The maximum absolute atomic E-state index is 12.4. The number of ketones is 1. The van der Waals surface area contributed by atoms with Gasteiger partial charge in [0.15, 0.2) is 23.8 Å². The van der Waals surface area contributed by atoms with Crippen molar-refractivity contribution in [2.24, 2.45) is 0 Å². The van der Waals surface area contributed by atoms with Crippen molar-refractivity contribution in [2.75, 3.05) is 5.73 Å². The predicted octanol–water partition coefficient (Wildman–Crippen LogP) is -3.16. The molecule has 0 spiro atoms. The molecular weight excluding hydrogens is 424 g/mol. The lowest BCUT2D eigenvalue weighted by Gasteiger charge is -2.21. The minimum atomic E-state index is -5.56. The second-order valence-corrected chi connectivity index (χ2v) is 9.84. The number of nitrogens with two attached hydrogens (primary N) is 1. The number of nitrogens with zero attached hydrogens (tertiary/aromatic N) is 4. The molecule has 1 aliphatic heterocycles. The summed E-state index contributed by atoms with van der Waals surface area (Å²) in [6.07, 6.45) is -5.21. The van der Waals surface area contributed by atoms with Crippen molar-refractivity contribution >= 4 is 38.3 Å². The summed E-state index contributed by atoms with van der Waals surface area (Å²) in [6.45, 7) is 0. The van der Waals surface area contributed by atoms with Crippen LogP contribution in [-0.4, -0.2) is 83.7 Å². The fourth-order valence-corrected chi connectivity index (χ4v) is 5.45. The smallest absolute Gasteiger partial charge is 0.387 e. The zero-order chi connectivity index (χ0) is 21.0. The first-order chi connectivity index (χ1) is 12.8. The van der Waals surface area contributed by atoms with Crippen LogP contribution in [0.1, 0.15) is 6.23 Å². The fraction of sp³-hybridized carbons (Fsp3) is 0.455. The third-order valence-corrected chi connectivity index (χ3v) is 7.72. The Balaban J connectivity index is 1.97. The lowest BCUT2D eigenvalue weighted by atomic mass is 10.1. The molecule has 3 unspecified atom stereocenters. The van der Waals surface area contributed by atoms with Crippen molar-refractivity contribution in [3.63, 3.8) is 0 Å². The molecule has 15 nitrogen and oxygen atoms in total. The highest BCUT2D eigenvalue weighted by Gasteiger charge is 2.64. The van der Waals surface area contributed by atoms with E-state index in [1.54, 1.807) is 0 Å². The second kappa shape index (κ2) is 7.00. The standard InChI is InChI=1S/C11H15N5O10P2/c12-8-3-9(14-1-13-8)16(2-15-3)10-5(18)4(17)7(26-10)6(19)11(27(20,21)22)28(23,24)25/h1-2,4-5,7,10-11,17-18,20-22H,(H3-,12,13,14,23,24,25)/p+1/t4?,5?,7-,10+,11?/m0/s1. The van der Waals surface area contributed by atoms with Gasteiger partial charge in [-0.3, -0.25) is 13.9 Å². The average Bonchev–Trinajstić information content (AvgIpc) is 3.08. The molecule has 0 aromatic carbocycles. The Labute approximate surface area is 155 Å². The van der Waals surface area contributed by atoms with Crippen molar-refractivity contribution < 1.29 is 48.8 Å². The van der Waals surface area contributed by atoms with Crippen molar-refractivity contribution in [1.29, 1.82) is 0 Å². The molecule has 1 aliphatic rings. The summed E-state index contributed by atoms with van der Waals surface area (Å²) in [4.78, 5) is 70.2. The van der Waals surface area contributed by atoms with E-state index in [1.807, 2.05) is 0 Å². The molecular formula is C11H16N5O10P2+. The van der Waals surface area contributed by atoms with Gasteiger partial charge in [0.2, 0.25) is 5.78 Å². The van der Waals surface area contributed by atoms with Crippen molar-refractivity contribution in [3.05, 3.63) is 12.7 Å². The molecule has 2 aromatic heterocycles. The molecule has 0 radical (unpaired) electrons. The second-order valence-electron chi connectivity index (χ2n) is 5.99. The van der Waals surface area contributed by atoms with Crippen LogP contribution in [0.15, 0.2) is 12.7 Å². The van der Waals surface area contributed by atoms with Crippen LogP contribution >= 0.6 is 15.5 Å². The Hall–Kier alpha value is -1.64. The van der Waals surface area contributed by atoms with Gasteiger partial charge in [0.25, 0.3) is 0 Å². The molecule has 0 saturated carbocycles. The van der Waals surface area contributed by atoms with Crippen molar-refractivity contribution in [2.45, 2.75) is 29.9 Å². The zero-order valence-electron chi connectivity index (χ0n) is 13.7. The number of carbonyl (C=O) groups is 1. The van der Waals surface area contributed by atoms with E-state index in [9.17, 15) is 44.0 Å². The Bertz CT molecular complexity index is 957. The van der Waals surface area contributed by atoms with E-state index in [0.717, 1.165) is 17.2 Å². The molecule has 154 valence electrons. The summed E-state index contributed by atoms with van der Waals surface area (Å²) in [7, 11) is -10.9. The van der Waals surface area contributed by atoms with Crippen LogP contribution in [0.5, 0.6) is 0 Å². The van der Waals surface area contributed by atoms with Gasteiger partial charge in [0, 0.05) is 0 Å². The molecule has 17 heteroatoms. The lowest BCUT2D eigenvalue weighted by Crippen LogP contribution is -2.41. The van der Waals surface area contributed by atoms with E-state index in [1.165, 1.54) is 0 Å². The van der Waals surface area contributed by atoms with Crippen LogP contribution < -0.4 is 5.73 Å². The molecule has 0 bridgehead atoms. The molecule has 2 aromatic rings. The van der Waals surface area contributed by atoms with E-state index in [2.05, 4.69) is 15.0 Å². The Morgan fingerprint density at radius 1 is 1.21 bits per heavy atom. The quantitative estimate of drug-likeness (QED) is 0.214. The molecule has 5 atom stereocenters. The van der Waals surface area contributed by atoms with Crippen LogP contribution in [-0.2, 0) is 14.1 Å². The average molecular weight is 440 g/mol. The van der Waals surface area contributed by atoms with E-state index in [4.69, 9.17) is 10.5 Å². The predicted molar refractivity (Wildman–Crippen MR) is 90.1 cm³/mol. The molecule has 3 heterocycles. The third-order valence-electron chi connectivity index (χ3n) is 4.08. The number of rotatable bonds is 5. The highest BCUT2D eigenvalue weighted by atomic mass is 31.3. The number of imidazole rings is 1. The van der Waals surface area contributed by atoms with E-state index < -0.39 is 51.3 Å². The Morgan fingerprint density at radius 2 is 1.86 bits per heavy atom. The summed E-state index contributed by atoms with van der Waals surface area (Å²) < 4.78 is 17.8. The summed E-state index contributed by atoms with van der Waals surface area (Å²) in [5.74, 6) is -1.69. The van der Waals surface area contributed by atoms with Gasteiger partial charge in [-0.15, -0.1) is 0 Å². The van der Waals surface area contributed by atoms with Gasteiger partial charge in [-0.25, -0.2) is 15.0 Å². The topological polar surface area (TPSA) is 255 Å². The largest absolute Gasteiger partial charge is 0.427 e. The minimum absolute atomic E-state index is 0.00130. The number of aliphatic hydroxyl groups is 2. The molecule has 3 rings (SSSR count). The van der Waals surface area contributed by atoms with E-state index in [0.29, 0.717) is 0 Å². The van der Waals surface area contributed by atoms with Crippen LogP contribution in [0.2, 0.25) is 0 Å². The van der Waals surface area contributed by atoms with Crippen LogP contribution in [0, 0.1) is 0 Å². The number of hydrogen-bond acceptors (Lipinski definition) is 12. The van der Waals surface area contributed by atoms with Gasteiger partial charge in [0.1, 0.15) is 24.1 Å². The number of ether oxygens (including phenoxy) is 1. The number of aromatic nitrogens is 4. The molecule has 0 aliphatic carbocycles. The van der Waals surface area contributed by atoms with Gasteiger partial charge in [-0.1, -0.05) is 0 Å². The number of anilines is 1. The lowest BCUT2D eigenvalue weighted by molar-refractivity contribution is -0.134. The number of hydrogen-bond donors (Lipinski definition) is 8. The van der Waals surface area contributed by atoms with Crippen molar-refractivity contribution in [3.8, 4) is 0 Å². The summed E-state index contributed by atoms with van der Waals surface area (Å²) in [5.41, 5.74) is 5.83. The molecule has 1 saturated heterocycles. The molecule has 9 N–H and O–H groups in total. The number of fused-ring (bicyclic) bond motifs is 1. The van der Waals surface area contributed by atoms with Crippen LogP contribution in [0.25, 0.3) is 11.2 Å². The maximum Gasteiger partial charge on any atom is 0.427 e. The van der Waals surface area contributed by atoms with E-state index in [-0.39, 0.29) is 17.0 Å². The van der Waals surface area contributed by atoms with Gasteiger partial charge >= 0.3 is 20.9 Å². The highest BCUT2D eigenvalue weighted by Crippen LogP contribution is 2.65. The number of carbonyl (C=O) groups excluding carboxylic acids is 1. The Morgan fingerprint density at radius 3 is 2.43 bits per heavy atom. The van der Waals surface area contributed by atoms with Gasteiger partial charge in [-0.05, 0) is 0 Å². The van der Waals surface area contributed by atoms with Crippen LogP contribution in [0.4, 0.5) is 5.82 Å². The number of Topliss-reactive ketones (excluding diaryl/α,β-unsaturated/α-hetero) is 1. The molecule has 28 heavy (non-hydrogen) atoms. The molecule has 1 fully saturated rings. The first-order valence-electron chi connectivity index (χ1n) is 7.44. The SMILES string of the molecule is Nc1ncnc2c1ncn2[C@@H]1O[C@H](C(=O)C(P(=O)(O)O)[P+](O)(O)O)C(O)C1O. The van der Waals surface area contributed by atoms with Gasteiger partial charge in [0.05, 0.1) is 6.33 Å². The highest BCUT2D eigenvalue weighted by molar-refractivity contribution is 7.76. The van der Waals surface area contributed by atoms with E-state index >= 15 is 0 Å². The monoisotopic (exact) mass is 440 g/mol. The van der Waals surface area contributed by atoms with Crippen LogP contribution in [0.3, 0.4) is 0 Å². The van der Waals surface area contributed by atoms with Gasteiger partial charge < -0.3 is 30.5 Å². The Kier molecular flexibility index (Phi) is 5.27. The summed E-state index contributed by atoms with van der Waals surface area (Å²) >= 11 is 0. The molecule has 0 amide bonds. The first-order valence-corrected chi connectivity index (χ1v) is 10.8. The minimum Gasteiger partial charge on any atom is -0.387 e. The van der Waals surface area contributed by atoms with Gasteiger partial charge in [-0.2, -0.15) is 14.7 Å².